The zero-order valence-electron chi connectivity index (χ0n) is 15.4. The van der Waals surface area contributed by atoms with Gasteiger partial charge in [0.2, 0.25) is 5.91 Å². The minimum absolute atomic E-state index is 0.0588. The van der Waals surface area contributed by atoms with E-state index in [0.717, 1.165) is 42.6 Å². The molecule has 0 bridgehead atoms. The highest BCUT2D eigenvalue weighted by atomic mass is 16.2. The lowest BCUT2D eigenvalue weighted by molar-refractivity contribution is -0.134. The number of primary amides is 1. The van der Waals surface area contributed by atoms with Crippen molar-refractivity contribution in [3.63, 3.8) is 0 Å². The SMILES string of the molecule is Cc1cc(C)cc(C(=O)N2CCC(C(N)=O)(N3CCCCC3)CC2)c1. The van der Waals surface area contributed by atoms with Crippen LogP contribution in [0.4, 0.5) is 0 Å². The van der Waals surface area contributed by atoms with Crippen molar-refractivity contribution in [3.8, 4) is 0 Å². The fourth-order valence-corrected chi connectivity index (χ4v) is 4.40. The van der Waals surface area contributed by atoms with E-state index in [1.165, 1.54) is 6.42 Å². The predicted molar refractivity (Wildman–Crippen MR) is 98.4 cm³/mol. The molecule has 2 heterocycles. The van der Waals surface area contributed by atoms with Crippen LogP contribution in [0.15, 0.2) is 18.2 Å². The first-order valence-corrected chi connectivity index (χ1v) is 9.35. The van der Waals surface area contributed by atoms with Gasteiger partial charge in [0.25, 0.3) is 5.91 Å². The van der Waals surface area contributed by atoms with Crippen LogP contribution in [0, 0.1) is 13.8 Å². The summed E-state index contributed by atoms with van der Waals surface area (Å²) in [6, 6.07) is 5.95. The van der Waals surface area contributed by atoms with E-state index in [1.807, 2.05) is 30.9 Å². The van der Waals surface area contributed by atoms with Crippen molar-refractivity contribution in [2.45, 2.75) is 51.5 Å². The van der Waals surface area contributed by atoms with Gasteiger partial charge in [-0.2, -0.15) is 0 Å². The van der Waals surface area contributed by atoms with Crippen LogP contribution in [0.2, 0.25) is 0 Å². The molecule has 136 valence electrons. The van der Waals surface area contributed by atoms with E-state index in [-0.39, 0.29) is 11.8 Å². The molecule has 0 saturated carbocycles. The number of benzene rings is 1. The van der Waals surface area contributed by atoms with Gasteiger partial charge in [-0.25, -0.2) is 0 Å². The van der Waals surface area contributed by atoms with Crippen molar-refractivity contribution in [2.24, 2.45) is 5.73 Å². The van der Waals surface area contributed by atoms with Gasteiger partial charge in [-0.1, -0.05) is 23.6 Å². The second-order valence-electron chi connectivity index (χ2n) is 7.61. The molecule has 0 radical (unpaired) electrons. The van der Waals surface area contributed by atoms with Gasteiger partial charge in [0, 0.05) is 18.7 Å². The Kier molecular flexibility index (Phi) is 5.13. The van der Waals surface area contributed by atoms with Crippen LogP contribution < -0.4 is 5.73 Å². The van der Waals surface area contributed by atoms with Crippen LogP contribution in [0.5, 0.6) is 0 Å². The molecule has 2 saturated heterocycles. The zero-order chi connectivity index (χ0) is 18.0. The predicted octanol–water partition coefficient (Wildman–Crippen LogP) is 2.25. The number of carbonyl (C=O) groups excluding carboxylic acids is 2. The lowest BCUT2D eigenvalue weighted by Crippen LogP contribution is -2.63. The molecule has 25 heavy (non-hydrogen) atoms. The Morgan fingerprint density at radius 1 is 0.920 bits per heavy atom. The molecule has 2 aliphatic rings. The summed E-state index contributed by atoms with van der Waals surface area (Å²) in [5.74, 6) is -0.170. The minimum atomic E-state index is -0.570. The Bertz CT molecular complexity index is 637. The number of piperidine rings is 2. The van der Waals surface area contributed by atoms with Gasteiger partial charge >= 0.3 is 0 Å². The van der Waals surface area contributed by atoms with Crippen molar-refractivity contribution >= 4 is 11.8 Å². The molecule has 1 aromatic rings. The van der Waals surface area contributed by atoms with Gasteiger partial charge in [-0.3, -0.25) is 14.5 Å². The topological polar surface area (TPSA) is 66.6 Å². The van der Waals surface area contributed by atoms with Gasteiger partial charge in [0.05, 0.1) is 0 Å². The van der Waals surface area contributed by atoms with Gasteiger partial charge in [-0.05, 0) is 64.8 Å². The standard InChI is InChI=1S/C20H29N3O2/c1-15-12-16(2)14-17(13-15)18(24)22-10-6-20(7-11-22,19(21)25)23-8-4-3-5-9-23/h12-14H,3-11H2,1-2H3,(H2,21,25). The number of nitrogens with zero attached hydrogens (tertiary/aromatic N) is 2. The van der Waals surface area contributed by atoms with Crippen LogP contribution in [0.3, 0.4) is 0 Å². The van der Waals surface area contributed by atoms with Gasteiger partial charge in [0.15, 0.2) is 0 Å². The summed E-state index contributed by atoms with van der Waals surface area (Å²) >= 11 is 0. The molecule has 0 atom stereocenters. The van der Waals surface area contributed by atoms with E-state index < -0.39 is 5.54 Å². The highest BCUT2D eigenvalue weighted by Crippen LogP contribution is 2.32. The number of amides is 2. The summed E-state index contributed by atoms with van der Waals surface area (Å²) in [4.78, 5) is 29.3. The molecule has 0 aliphatic carbocycles. The molecule has 2 aliphatic heterocycles. The van der Waals surface area contributed by atoms with Crippen LogP contribution in [-0.2, 0) is 4.79 Å². The number of hydrogen-bond acceptors (Lipinski definition) is 3. The number of aryl methyl sites for hydroxylation is 2. The summed E-state index contributed by atoms with van der Waals surface area (Å²) < 4.78 is 0. The number of hydrogen-bond donors (Lipinski definition) is 1. The van der Waals surface area contributed by atoms with Gasteiger partial charge in [0.1, 0.15) is 5.54 Å². The maximum Gasteiger partial charge on any atom is 0.253 e. The van der Waals surface area contributed by atoms with E-state index in [9.17, 15) is 9.59 Å². The van der Waals surface area contributed by atoms with E-state index >= 15 is 0 Å². The maximum absolute atomic E-state index is 12.9. The molecular weight excluding hydrogens is 314 g/mol. The first-order chi connectivity index (χ1) is 11.9. The lowest BCUT2D eigenvalue weighted by atomic mass is 9.83. The summed E-state index contributed by atoms with van der Waals surface area (Å²) in [6.07, 6.45) is 4.75. The maximum atomic E-state index is 12.9. The smallest absolute Gasteiger partial charge is 0.253 e. The third-order valence-electron chi connectivity index (χ3n) is 5.77. The summed E-state index contributed by atoms with van der Waals surface area (Å²) in [7, 11) is 0. The average molecular weight is 343 g/mol. The van der Waals surface area contributed by atoms with Crippen LogP contribution in [0.25, 0.3) is 0 Å². The highest BCUT2D eigenvalue weighted by Gasteiger charge is 2.45. The summed E-state index contributed by atoms with van der Waals surface area (Å²) in [5.41, 5.74) is 8.18. The first-order valence-electron chi connectivity index (χ1n) is 9.35. The average Bonchev–Trinajstić information content (AvgIpc) is 2.61. The Morgan fingerprint density at radius 2 is 1.48 bits per heavy atom. The molecule has 5 nitrogen and oxygen atoms in total. The molecule has 2 amide bonds. The fraction of sp³-hybridized carbons (Fsp3) is 0.600. The Hall–Kier alpha value is -1.88. The minimum Gasteiger partial charge on any atom is -0.368 e. The summed E-state index contributed by atoms with van der Waals surface area (Å²) in [6.45, 7) is 7.07. The molecule has 0 spiro atoms. The van der Waals surface area contributed by atoms with Crippen LogP contribution in [-0.4, -0.2) is 53.3 Å². The van der Waals surface area contributed by atoms with Crippen molar-refractivity contribution in [1.29, 1.82) is 0 Å². The number of likely N-dealkylation sites (tertiary alicyclic amines) is 2. The molecular formula is C20H29N3O2. The van der Waals surface area contributed by atoms with E-state index in [0.29, 0.717) is 25.9 Å². The fourth-order valence-electron chi connectivity index (χ4n) is 4.40. The van der Waals surface area contributed by atoms with E-state index in [2.05, 4.69) is 11.0 Å². The first kappa shape index (κ1) is 17.9. The van der Waals surface area contributed by atoms with Crippen LogP contribution >= 0.6 is 0 Å². The Morgan fingerprint density at radius 3 is 2.00 bits per heavy atom. The van der Waals surface area contributed by atoms with E-state index in [1.54, 1.807) is 0 Å². The summed E-state index contributed by atoms with van der Waals surface area (Å²) in [5, 5.41) is 0. The molecule has 5 heteroatoms. The Balaban J connectivity index is 1.73. The third-order valence-corrected chi connectivity index (χ3v) is 5.77. The van der Waals surface area contributed by atoms with Crippen molar-refractivity contribution in [3.05, 3.63) is 34.9 Å². The monoisotopic (exact) mass is 343 g/mol. The number of carbonyl (C=O) groups is 2. The third kappa shape index (κ3) is 3.56. The number of nitrogens with two attached hydrogens (primary N) is 1. The van der Waals surface area contributed by atoms with Crippen LogP contribution in [0.1, 0.15) is 53.6 Å². The van der Waals surface area contributed by atoms with Crippen molar-refractivity contribution in [1.82, 2.24) is 9.80 Å². The molecule has 2 fully saturated rings. The molecule has 0 unspecified atom stereocenters. The zero-order valence-corrected chi connectivity index (χ0v) is 15.4. The second kappa shape index (κ2) is 7.16. The Labute approximate surface area is 150 Å². The van der Waals surface area contributed by atoms with Gasteiger partial charge < -0.3 is 10.6 Å². The largest absolute Gasteiger partial charge is 0.368 e. The molecule has 2 N–H and O–H groups in total. The van der Waals surface area contributed by atoms with E-state index in [4.69, 9.17) is 5.73 Å². The normalized spacial score (nSPS) is 21.1. The molecule has 3 rings (SSSR count). The van der Waals surface area contributed by atoms with Crippen molar-refractivity contribution in [2.75, 3.05) is 26.2 Å². The highest BCUT2D eigenvalue weighted by molar-refractivity contribution is 5.95. The molecule has 0 aromatic heterocycles. The lowest BCUT2D eigenvalue weighted by Gasteiger charge is -2.48. The molecule has 1 aromatic carbocycles. The quantitative estimate of drug-likeness (QED) is 0.915. The number of rotatable bonds is 3. The second-order valence-corrected chi connectivity index (χ2v) is 7.61. The van der Waals surface area contributed by atoms with Crippen molar-refractivity contribution < 1.29 is 9.59 Å². The van der Waals surface area contributed by atoms with Gasteiger partial charge in [-0.15, -0.1) is 0 Å².